The highest BCUT2D eigenvalue weighted by Crippen LogP contribution is 2.19. The van der Waals surface area contributed by atoms with E-state index in [1.807, 2.05) is 11.5 Å². The van der Waals surface area contributed by atoms with Crippen molar-refractivity contribution in [3.63, 3.8) is 0 Å². The summed E-state index contributed by atoms with van der Waals surface area (Å²) in [6, 6.07) is 1.54. The summed E-state index contributed by atoms with van der Waals surface area (Å²) >= 11 is 0. The molecule has 0 spiro atoms. The van der Waals surface area contributed by atoms with E-state index in [-0.39, 0.29) is 11.9 Å². The number of nitrogens with two attached hydrogens (primary N) is 1. The molecule has 18 heavy (non-hydrogen) atoms. The second-order valence-corrected chi connectivity index (χ2v) is 4.88. The molecule has 100 valence electrons. The lowest BCUT2D eigenvalue weighted by Crippen LogP contribution is -2.45. The second-order valence-electron chi connectivity index (χ2n) is 4.88. The molecular weight excluding hydrogens is 230 g/mol. The van der Waals surface area contributed by atoms with Crippen LogP contribution in [0.15, 0.2) is 12.3 Å². The maximum atomic E-state index is 12.2. The van der Waals surface area contributed by atoms with Crippen molar-refractivity contribution < 1.29 is 9.90 Å². The van der Waals surface area contributed by atoms with Gasteiger partial charge in [0.25, 0.3) is 5.91 Å². The van der Waals surface area contributed by atoms with Gasteiger partial charge in [-0.05, 0) is 25.8 Å². The molecule has 0 aromatic carbocycles. The number of amides is 1. The molecule has 5 heteroatoms. The molecule has 1 aliphatic rings. The topological polar surface area (TPSA) is 80.3 Å². The Bertz CT molecular complexity index is 428. The van der Waals surface area contributed by atoms with Gasteiger partial charge in [-0.3, -0.25) is 4.79 Å². The van der Waals surface area contributed by atoms with Gasteiger partial charge in [0.15, 0.2) is 0 Å². The highest BCUT2D eigenvalue weighted by molar-refractivity contribution is 5.94. The van der Waals surface area contributed by atoms with Crippen molar-refractivity contribution in [2.75, 3.05) is 5.73 Å². The summed E-state index contributed by atoms with van der Waals surface area (Å²) in [4.78, 5) is 12.2. The number of aliphatic hydroxyl groups is 1. The van der Waals surface area contributed by atoms with Crippen LogP contribution in [0.25, 0.3) is 0 Å². The zero-order chi connectivity index (χ0) is 13.1. The monoisotopic (exact) mass is 251 g/mol. The summed E-state index contributed by atoms with van der Waals surface area (Å²) in [7, 11) is 0. The van der Waals surface area contributed by atoms with Gasteiger partial charge in [0.1, 0.15) is 5.69 Å². The average Bonchev–Trinajstić information content (AvgIpc) is 2.73. The molecule has 0 saturated heterocycles. The Kier molecular flexibility index (Phi) is 3.91. The number of anilines is 1. The van der Waals surface area contributed by atoms with Gasteiger partial charge in [-0.15, -0.1) is 0 Å². The lowest BCUT2D eigenvalue weighted by Gasteiger charge is -2.28. The molecule has 1 heterocycles. The molecule has 2 atom stereocenters. The fraction of sp³-hybridized carbons (Fsp3) is 0.615. The Hall–Kier alpha value is -1.49. The number of carbonyl (C=O) groups excluding carboxylic acids is 1. The van der Waals surface area contributed by atoms with Gasteiger partial charge in [0.2, 0.25) is 0 Å². The first-order valence-electron chi connectivity index (χ1n) is 6.56. The minimum absolute atomic E-state index is 0.132. The van der Waals surface area contributed by atoms with Crippen molar-refractivity contribution in [3.8, 4) is 0 Å². The van der Waals surface area contributed by atoms with Gasteiger partial charge in [0.05, 0.1) is 17.8 Å². The quantitative estimate of drug-likeness (QED) is 0.753. The summed E-state index contributed by atoms with van der Waals surface area (Å²) < 4.78 is 1.82. The third-order valence-electron chi connectivity index (χ3n) is 3.54. The number of nitrogen functional groups attached to an aromatic ring is 1. The van der Waals surface area contributed by atoms with E-state index in [1.165, 1.54) is 0 Å². The van der Waals surface area contributed by atoms with Crippen molar-refractivity contribution in [2.24, 2.45) is 0 Å². The van der Waals surface area contributed by atoms with Gasteiger partial charge in [-0.25, -0.2) is 0 Å². The summed E-state index contributed by atoms with van der Waals surface area (Å²) in [5.41, 5.74) is 6.85. The summed E-state index contributed by atoms with van der Waals surface area (Å²) in [5, 5.41) is 12.8. The molecule has 2 rings (SSSR count). The molecule has 0 aliphatic heterocycles. The molecule has 0 radical (unpaired) electrons. The van der Waals surface area contributed by atoms with E-state index < -0.39 is 6.10 Å². The van der Waals surface area contributed by atoms with Crippen LogP contribution in [0.4, 0.5) is 5.69 Å². The predicted octanol–water partition coefficient (Wildman–Crippen LogP) is 1.12. The van der Waals surface area contributed by atoms with Crippen molar-refractivity contribution in [3.05, 3.63) is 18.0 Å². The first kappa shape index (κ1) is 13.0. The molecule has 1 aromatic rings. The van der Waals surface area contributed by atoms with Gasteiger partial charge in [-0.2, -0.15) is 0 Å². The van der Waals surface area contributed by atoms with Crippen LogP contribution in [0.1, 0.15) is 43.1 Å². The zero-order valence-electron chi connectivity index (χ0n) is 10.7. The van der Waals surface area contributed by atoms with Crippen molar-refractivity contribution in [2.45, 2.75) is 51.3 Å². The molecule has 1 aliphatic carbocycles. The number of hydrogen-bond acceptors (Lipinski definition) is 3. The highest BCUT2D eigenvalue weighted by atomic mass is 16.3. The maximum Gasteiger partial charge on any atom is 0.268 e. The minimum Gasteiger partial charge on any atom is -0.397 e. The van der Waals surface area contributed by atoms with Crippen LogP contribution < -0.4 is 11.1 Å². The number of nitrogens with one attached hydrogen (secondary N) is 1. The van der Waals surface area contributed by atoms with E-state index in [0.717, 1.165) is 25.7 Å². The molecule has 5 nitrogen and oxygen atoms in total. The normalized spacial score (nSPS) is 23.9. The van der Waals surface area contributed by atoms with Crippen molar-refractivity contribution in [1.82, 2.24) is 9.88 Å². The lowest BCUT2D eigenvalue weighted by atomic mass is 9.92. The number of rotatable bonds is 3. The Morgan fingerprint density at radius 2 is 2.28 bits per heavy atom. The molecule has 0 bridgehead atoms. The molecular formula is C13H21N3O2. The van der Waals surface area contributed by atoms with Gasteiger partial charge < -0.3 is 20.7 Å². The van der Waals surface area contributed by atoms with Crippen LogP contribution in [0.2, 0.25) is 0 Å². The highest BCUT2D eigenvalue weighted by Gasteiger charge is 2.25. The lowest BCUT2D eigenvalue weighted by molar-refractivity contribution is 0.0711. The number of nitrogens with zero attached hydrogens (tertiary/aromatic N) is 1. The second kappa shape index (κ2) is 5.44. The van der Waals surface area contributed by atoms with Crippen LogP contribution in [-0.4, -0.2) is 27.7 Å². The zero-order valence-corrected chi connectivity index (χ0v) is 10.7. The maximum absolute atomic E-state index is 12.2. The molecule has 1 aromatic heterocycles. The number of aromatic nitrogens is 1. The SMILES string of the molecule is CCn1cc(N)cc1C(=O)N[C@@H]1CCCC[C@H]1O. The number of aliphatic hydroxyl groups excluding tert-OH is 1. The Morgan fingerprint density at radius 1 is 1.56 bits per heavy atom. The van der Waals surface area contributed by atoms with Gasteiger partial charge >= 0.3 is 0 Å². The number of aryl methyl sites for hydroxylation is 1. The van der Waals surface area contributed by atoms with E-state index in [1.54, 1.807) is 12.3 Å². The van der Waals surface area contributed by atoms with E-state index >= 15 is 0 Å². The van der Waals surface area contributed by atoms with E-state index in [4.69, 9.17) is 5.73 Å². The minimum atomic E-state index is -0.426. The predicted molar refractivity (Wildman–Crippen MR) is 70.2 cm³/mol. The van der Waals surface area contributed by atoms with E-state index in [0.29, 0.717) is 17.9 Å². The molecule has 1 saturated carbocycles. The van der Waals surface area contributed by atoms with Crippen LogP contribution in [0.5, 0.6) is 0 Å². The number of hydrogen-bond donors (Lipinski definition) is 3. The van der Waals surface area contributed by atoms with Crippen LogP contribution >= 0.6 is 0 Å². The van der Waals surface area contributed by atoms with E-state index in [2.05, 4.69) is 5.32 Å². The fourth-order valence-corrected chi connectivity index (χ4v) is 2.51. The van der Waals surface area contributed by atoms with Gasteiger partial charge in [0, 0.05) is 12.7 Å². The summed E-state index contributed by atoms with van der Waals surface area (Å²) in [6.45, 7) is 2.67. The first-order chi connectivity index (χ1) is 8.61. The summed E-state index contributed by atoms with van der Waals surface area (Å²) in [5.74, 6) is -0.153. The molecule has 0 unspecified atom stereocenters. The smallest absolute Gasteiger partial charge is 0.268 e. The third kappa shape index (κ3) is 2.67. The van der Waals surface area contributed by atoms with Crippen molar-refractivity contribution >= 4 is 11.6 Å². The van der Waals surface area contributed by atoms with Crippen LogP contribution in [0, 0.1) is 0 Å². The van der Waals surface area contributed by atoms with Gasteiger partial charge in [-0.1, -0.05) is 12.8 Å². The van der Waals surface area contributed by atoms with E-state index in [9.17, 15) is 9.90 Å². The first-order valence-corrected chi connectivity index (χ1v) is 6.56. The Labute approximate surface area is 107 Å². The standard InChI is InChI=1S/C13H21N3O2/c1-2-16-8-9(14)7-11(16)13(18)15-10-5-3-4-6-12(10)17/h7-8,10,12,17H,2-6,14H2,1H3,(H,15,18)/t10-,12-/m1/s1. The van der Waals surface area contributed by atoms with Crippen molar-refractivity contribution in [1.29, 1.82) is 0 Å². The Balaban J connectivity index is 2.06. The Morgan fingerprint density at radius 3 is 2.94 bits per heavy atom. The largest absolute Gasteiger partial charge is 0.397 e. The summed E-state index contributed by atoms with van der Waals surface area (Å²) in [6.07, 6.45) is 5.03. The molecule has 1 amide bonds. The van der Waals surface area contributed by atoms with Crippen LogP contribution in [-0.2, 0) is 6.54 Å². The molecule has 4 N–H and O–H groups in total. The molecule has 1 fully saturated rings. The third-order valence-corrected chi connectivity index (χ3v) is 3.54. The number of carbonyl (C=O) groups is 1. The average molecular weight is 251 g/mol. The fourth-order valence-electron chi connectivity index (χ4n) is 2.51. The van der Waals surface area contributed by atoms with Crippen LogP contribution in [0.3, 0.4) is 0 Å².